The van der Waals surface area contributed by atoms with E-state index in [4.69, 9.17) is 14.2 Å². The molecule has 0 fully saturated rings. The first-order valence-electron chi connectivity index (χ1n) is 14.8. The maximum absolute atomic E-state index is 6.10. The van der Waals surface area contributed by atoms with E-state index in [2.05, 4.69) is 96.0 Å². The molecule has 0 bridgehead atoms. The minimum atomic E-state index is 0.136. The summed E-state index contributed by atoms with van der Waals surface area (Å²) in [6, 6.07) is 20.2. The first-order valence-corrected chi connectivity index (χ1v) is 14.8. The SMILES string of the molecule is C=CCN1COc2ccc(C(C)C(c3ccc4c(c3)CN(CC=C)CO4)c3ccc4c(c3)CN(CC=C)CO4)cc2C1. The molecule has 6 rings (SSSR count). The predicted octanol–water partition coefficient (Wildman–Crippen LogP) is 6.64. The zero-order valence-corrected chi connectivity index (χ0v) is 24.6. The van der Waals surface area contributed by atoms with Crippen molar-refractivity contribution in [1.82, 2.24) is 14.7 Å². The van der Waals surface area contributed by atoms with Gasteiger partial charge in [0.1, 0.15) is 37.4 Å². The van der Waals surface area contributed by atoms with E-state index in [1.807, 2.05) is 18.2 Å². The van der Waals surface area contributed by atoms with Crippen LogP contribution in [0.5, 0.6) is 17.2 Å². The maximum atomic E-state index is 6.10. The van der Waals surface area contributed by atoms with Crippen LogP contribution in [0.2, 0.25) is 0 Å². The van der Waals surface area contributed by atoms with Crippen LogP contribution in [0.15, 0.2) is 92.6 Å². The molecular formula is C36H41N3O3. The molecule has 1 atom stereocenters. The molecule has 0 saturated heterocycles. The molecule has 3 aromatic rings. The molecule has 3 heterocycles. The van der Waals surface area contributed by atoms with E-state index < -0.39 is 0 Å². The number of benzene rings is 3. The summed E-state index contributed by atoms with van der Waals surface area (Å²) < 4.78 is 18.3. The van der Waals surface area contributed by atoms with Crippen molar-refractivity contribution >= 4 is 0 Å². The highest BCUT2D eigenvalue weighted by Crippen LogP contribution is 2.43. The van der Waals surface area contributed by atoms with Crippen molar-refractivity contribution in [2.45, 2.75) is 38.4 Å². The molecule has 3 aromatic carbocycles. The van der Waals surface area contributed by atoms with Crippen LogP contribution in [0.4, 0.5) is 0 Å². The molecule has 3 aliphatic rings. The molecule has 0 N–H and O–H groups in total. The second-order valence-corrected chi connectivity index (χ2v) is 11.6. The van der Waals surface area contributed by atoms with Crippen LogP contribution >= 0.6 is 0 Å². The third kappa shape index (κ3) is 5.88. The van der Waals surface area contributed by atoms with Gasteiger partial charge in [0.05, 0.1) is 0 Å². The van der Waals surface area contributed by atoms with Gasteiger partial charge >= 0.3 is 0 Å². The normalized spacial score (nSPS) is 17.6. The van der Waals surface area contributed by atoms with Crippen molar-refractivity contribution in [2.24, 2.45) is 0 Å². The summed E-state index contributed by atoms with van der Waals surface area (Å²) in [6.07, 6.45) is 5.80. The van der Waals surface area contributed by atoms with Crippen molar-refractivity contribution in [1.29, 1.82) is 0 Å². The van der Waals surface area contributed by atoms with Crippen LogP contribution in [0.3, 0.4) is 0 Å². The Morgan fingerprint density at radius 3 is 1.33 bits per heavy atom. The van der Waals surface area contributed by atoms with Gasteiger partial charge in [0.25, 0.3) is 0 Å². The Morgan fingerprint density at radius 1 is 0.595 bits per heavy atom. The number of fused-ring (bicyclic) bond motifs is 3. The first-order chi connectivity index (χ1) is 20.6. The third-order valence-corrected chi connectivity index (χ3v) is 8.55. The number of hydrogen-bond acceptors (Lipinski definition) is 6. The Bertz CT molecular complexity index is 1400. The van der Waals surface area contributed by atoms with Gasteiger partial charge in [0.2, 0.25) is 0 Å². The number of ether oxygens (including phenoxy) is 3. The predicted molar refractivity (Wildman–Crippen MR) is 168 cm³/mol. The molecule has 1 unspecified atom stereocenters. The lowest BCUT2D eigenvalue weighted by Gasteiger charge is -2.33. The largest absolute Gasteiger partial charge is 0.478 e. The molecule has 3 aliphatic heterocycles. The van der Waals surface area contributed by atoms with Crippen molar-refractivity contribution in [3.63, 3.8) is 0 Å². The fourth-order valence-electron chi connectivity index (χ4n) is 6.47. The molecule has 6 heteroatoms. The highest BCUT2D eigenvalue weighted by Gasteiger charge is 2.28. The first kappa shape index (κ1) is 28.3. The molecule has 0 aromatic heterocycles. The third-order valence-electron chi connectivity index (χ3n) is 8.55. The Labute approximate surface area is 250 Å². The van der Waals surface area contributed by atoms with Crippen LogP contribution < -0.4 is 14.2 Å². The van der Waals surface area contributed by atoms with Crippen molar-refractivity contribution in [3.05, 3.63) is 126 Å². The molecular weight excluding hydrogens is 522 g/mol. The summed E-state index contributed by atoms with van der Waals surface area (Å²) in [4.78, 5) is 6.79. The number of nitrogens with zero attached hydrogens (tertiary/aromatic N) is 3. The van der Waals surface area contributed by atoms with Gasteiger partial charge in [-0.1, -0.05) is 61.5 Å². The number of rotatable bonds is 10. The average molecular weight is 564 g/mol. The standard InChI is InChI=1S/C36H41N3O3/c1-5-14-37-20-30-17-27(8-11-33(30)40-23-37)26(4)36(28-9-12-34-31(18-28)21-38(15-6-2)24-41-34)29-10-13-35-32(19-29)22-39(16-7-3)25-42-35/h5-13,17-19,26,36H,1-3,14-16,20-25H2,4H3. The summed E-state index contributed by atoms with van der Waals surface area (Å²) in [5.74, 6) is 3.26. The van der Waals surface area contributed by atoms with E-state index in [0.29, 0.717) is 20.2 Å². The van der Waals surface area contributed by atoms with Crippen LogP contribution in [0.25, 0.3) is 0 Å². The lowest BCUT2D eigenvalue weighted by molar-refractivity contribution is 0.107. The van der Waals surface area contributed by atoms with E-state index >= 15 is 0 Å². The van der Waals surface area contributed by atoms with Gasteiger partial charge < -0.3 is 14.2 Å². The summed E-state index contributed by atoms with van der Waals surface area (Å²) in [7, 11) is 0. The smallest absolute Gasteiger partial charge is 0.142 e. The highest BCUT2D eigenvalue weighted by molar-refractivity contribution is 5.49. The molecule has 0 amide bonds. The molecule has 0 radical (unpaired) electrons. The topological polar surface area (TPSA) is 37.4 Å². The van der Waals surface area contributed by atoms with E-state index in [1.54, 1.807) is 0 Å². The Hall–Kier alpha value is -3.84. The van der Waals surface area contributed by atoms with Gasteiger partial charge in [-0.3, -0.25) is 14.7 Å². The summed E-state index contributed by atoms with van der Waals surface area (Å²) >= 11 is 0. The van der Waals surface area contributed by atoms with Gasteiger partial charge in [-0.15, -0.1) is 19.7 Å². The van der Waals surface area contributed by atoms with Crippen LogP contribution in [-0.4, -0.2) is 54.5 Å². The summed E-state index contributed by atoms with van der Waals surface area (Å²) in [6.45, 7) is 20.8. The lowest BCUT2D eigenvalue weighted by atomic mass is 9.77. The van der Waals surface area contributed by atoms with Gasteiger partial charge in [-0.05, 0) is 40.8 Å². The summed E-state index contributed by atoms with van der Waals surface area (Å²) in [5, 5.41) is 0. The van der Waals surface area contributed by atoms with Crippen LogP contribution in [-0.2, 0) is 19.6 Å². The van der Waals surface area contributed by atoms with Crippen LogP contribution in [0, 0.1) is 0 Å². The zero-order valence-electron chi connectivity index (χ0n) is 24.6. The second kappa shape index (κ2) is 12.6. The van der Waals surface area contributed by atoms with Crippen molar-refractivity contribution in [3.8, 4) is 17.2 Å². The fraction of sp³-hybridized carbons (Fsp3) is 0.333. The van der Waals surface area contributed by atoms with E-state index in [0.717, 1.165) is 56.5 Å². The van der Waals surface area contributed by atoms with Gasteiger partial charge in [0.15, 0.2) is 0 Å². The van der Waals surface area contributed by atoms with E-state index in [1.165, 1.54) is 33.4 Å². The fourth-order valence-corrected chi connectivity index (χ4v) is 6.47. The highest BCUT2D eigenvalue weighted by atomic mass is 16.5. The van der Waals surface area contributed by atoms with E-state index in [9.17, 15) is 0 Å². The quantitative estimate of drug-likeness (QED) is 0.258. The monoisotopic (exact) mass is 563 g/mol. The Morgan fingerprint density at radius 2 is 0.952 bits per heavy atom. The summed E-state index contributed by atoms with van der Waals surface area (Å²) in [5.41, 5.74) is 7.53. The van der Waals surface area contributed by atoms with E-state index in [-0.39, 0.29) is 11.8 Å². The lowest BCUT2D eigenvalue weighted by Crippen LogP contribution is -2.32. The van der Waals surface area contributed by atoms with Gasteiger partial charge in [0, 0.05) is 61.9 Å². The molecule has 0 aliphatic carbocycles. The average Bonchev–Trinajstić information content (AvgIpc) is 3.01. The van der Waals surface area contributed by atoms with Crippen LogP contribution in [0.1, 0.15) is 52.1 Å². The minimum absolute atomic E-state index is 0.136. The van der Waals surface area contributed by atoms with Gasteiger partial charge in [-0.2, -0.15) is 0 Å². The molecule has 0 saturated carbocycles. The van der Waals surface area contributed by atoms with Crippen molar-refractivity contribution in [2.75, 3.05) is 39.8 Å². The Balaban J connectivity index is 1.39. The minimum Gasteiger partial charge on any atom is -0.478 e. The molecule has 6 nitrogen and oxygen atoms in total. The van der Waals surface area contributed by atoms with Crippen molar-refractivity contribution < 1.29 is 14.2 Å². The number of hydrogen-bond donors (Lipinski definition) is 0. The maximum Gasteiger partial charge on any atom is 0.142 e. The Kier molecular flexibility index (Phi) is 8.47. The molecule has 0 spiro atoms. The molecule has 218 valence electrons. The zero-order chi connectivity index (χ0) is 29.1. The van der Waals surface area contributed by atoms with Gasteiger partial charge in [-0.25, -0.2) is 0 Å². The second-order valence-electron chi connectivity index (χ2n) is 11.6. The molecule has 42 heavy (non-hydrogen) atoms.